The largest absolute Gasteiger partial charge is 0.371 e. The third-order valence-electron chi connectivity index (χ3n) is 3.65. The average Bonchev–Trinajstić information content (AvgIpc) is 2.29. The summed E-state index contributed by atoms with van der Waals surface area (Å²) in [5.41, 5.74) is 0.120. The Kier molecular flexibility index (Phi) is 3.66. The van der Waals surface area contributed by atoms with Crippen molar-refractivity contribution in [2.75, 3.05) is 0 Å². The van der Waals surface area contributed by atoms with Crippen LogP contribution in [0.25, 0.3) is 0 Å². The van der Waals surface area contributed by atoms with Crippen LogP contribution in [0, 0.1) is 23.4 Å². The highest BCUT2D eigenvalue weighted by atomic mass is 19.2. The minimum atomic E-state index is -1.43. The average molecular weight is 258 g/mol. The molecule has 1 aromatic rings. The van der Waals surface area contributed by atoms with E-state index in [9.17, 15) is 13.2 Å². The smallest absolute Gasteiger partial charge is 0.194 e. The second kappa shape index (κ2) is 4.92. The van der Waals surface area contributed by atoms with Crippen LogP contribution in [0.2, 0.25) is 0 Å². The molecule has 1 aliphatic rings. The first-order valence-electron chi connectivity index (χ1n) is 6.21. The lowest BCUT2D eigenvalue weighted by molar-refractivity contribution is -0.124. The quantitative estimate of drug-likeness (QED) is 0.735. The summed E-state index contributed by atoms with van der Waals surface area (Å²) < 4.78 is 44.4. The number of ether oxygens (including phenoxy) is 1. The Balaban J connectivity index is 1.95. The van der Waals surface area contributed by atoms with Gasteiger partial charge in [-0.05, 0) is 43.4 Å². The Morgan fingerprint density at radius 1 is 1.22 bits per heavy atom. The van der Waals surface area contributed by atoms with Crippen molar-refractivity contribution in [3.63, 3.8) is 0 Å². The van der Waals surface area contributed by atoms with Gasteiger partial charge in [0.05, 0.1) is 12.2 Å². The number of hydrogen-bond acceptors (Lipinski definition) is 1. The van der Waals surface area contributed by atoms with Gasteiger partial charge in [-0.15, -0.1) is 0 Å². The summed E-state index contributed by atoms with van der Waals surface area (Å²) in [7, 11) is 0. The maximum atomic E-state index is 13.0. The molecule has 0 aromatic heterocycles. The van der Waals surface area contributed by atoms with Crippen molar-refractivity contribution in [2.24, 2.45) is 5.92 Å². The van der Waals surface area contributed by atoms with Crippen LogP contribution in [0.5, 0.6) is 0 Å². The summed E-state index contributed by atoms with van der Waals surface area (Å²) in [6.45, 7) is 4.24. The first-order chi connectivity index (χ1) is 8.43. The fourth-order valence-corrected chi connectivity index (χ4v) is 2.52. The first-order valence-corrected chi connectivity index (χ1v) is 6.21. The molecular weight excluding hydrogens is 241 g/mol. The van der Waals surface area contributed by atoms with Crippen LogP contribution < -0.4 is 0 Å². The van der Waals surface area contributed by atoms with Gasteiger partial charge in [-0.25, -0.2) is 13.2 Å². The van der Waals surface area contributed by atoms with Crippen LogP contribution in [-0.2, 0) is 11.3 Å². The predicted octanol–water partition coefficient (Wildman–Crippen LogP) is 4.20. The van der Waals surface area contributed by atoms with Gasteiger partial charge in [0.1, 0.15) is 0 Å². The van der Waals surface area contributed by atoms with E-state index in [4.69, 9.17) is 4.74 Å². The Bertz CT molecular complexity index is 416. The van der Waals surface area contributed by atoms with Crippen LogP contribution in [0.3, 0.4) is 0 Å². The fraction of sp³-hybridized carbons (Fsp3) is 0.571. The maximum Gasteiger partial charge on any atom is 0.194 e. The van der Waals surface area contributed by atoms with Crippen molar-refractivity contribution in [3.05, 3.63) is 35.1 Å². The molecule has 0 unspecified atom stereocenters. The van der Waals surface area contributed by atoms with Crippen molar-refractivity contribution in [1.29, 1.82) is 0 Å². The molecule has 0 amide bonds. The minimum absolute atomic E-state index is 0.112. The van der Waals surface area contributed by atoms with Gasteiger partial charge >= 0.3 is 0 Å². The zero-order chi connectivity index (χ0) is 13.3. The van der Waals surface area contributed by atoms with Crippen molar-refractivity contribution >= 4 is 0 Å². The van der Waals surface area contributed by atoms with E-state index < -0.39 is 17.5 Å². The van der Waals surface area contributed by atoms with Gasteiger partial charge in [0.25, 0.3) is 0 Å². The Labute approximate surface area is 105 Å². The molecule has 0 radical (unpaired) electrons. The van der Waals surface area contributed by atoms with Crippen molar-refractivity contribution in [2.45, 2.75) is 45.3 Å². The molecule has 1 nitrogen and oxygen atoms in total. The molecule has 0 spiro atoms. The monoisotopic (exact) mass is 258 g/mol. The lowest BCUT2D eigenvalue weighted by Crippen LogP contribution is -2.43. The van der Waals surface area contributed by atoms with Gasteiger partial charge in [0.2, 0.25) is 0 Å². The molecule has 0 aliphatic heterocycles. The molecule has 18 heavy (non-hydrogen) atoms. The lowest BCUT2D eigenvalue weighted by Gasteiger charge is -2.44. The zero-order valence-electron chi connectivity index (χ0n) is 10.6. The first kappa shape index (κ1) is 13.4. The molecule has 1 aliphatic carbocycles. The van der Waals surface area contributed by atoms with E-state index in [2.05, 4.69) is 6.92 Å². The van der Waals surface area contributed by atoms with Gasteiger partial charge in [0.15, 0.2) is 17.5 Å². The maximum absolute atomic E-state index is 13.0. The molecule has 0 N–H and O–H groups in total. The number of hydrogen-bond donors (Lipinski definition) is 0. The topological polar surface area (TPSA) is 9.23 Å². The Hall–Kier alpha value is -1.03. The molecule has 100 valence electrons. The minimum Gasteiger partial charge on any atom is -0.371 e. The number of rotatable bonds is 4. The molecule has 1 saturated carbocycles. The van der Waals surface area contributed by atoms with Crippen molar-refractivity contribution in [3.8, 4) is 0 Å². The highest BCUT2D eigenvalue weighted by Crippen LogP contribution is 2.42. The summed E-state index contributed by atoms with van der Waals surface area (Å²) in [6.07, 6.45) is 3.06. The van der Waals surface area contributed by atoms with E-state index in [0.29, 0.717) is 11.5 Å². The third kappa shape index (κ3) is 2.69. The normalized spacial score (nSPS) is 27.1. The van der Waals surface area contributed by atoms with Crippen LogP contribution >= 0.6 is 0 Å². The highest BCUT2D eigenvalue weighted by molar-refractivity contribution is 5.18. The number of halogens is 3. The summed E-state index contributed by atoms with van der Waals surface area (Å²) >= 11 is 0. The van der Waals surface area contributed by atoms with Crippen LogP contribution in [-0.4, -0.2) is 5.60 Å². The van der Waals surface area contributed by atoms with E-state index >= 15 is 0 Å². The fourth-order valence-electron chi connectivity index (χ4n) is 2.52. The summed E-state index contributed by atoms with van der Waals surface area (Å²) in [4.78, 5) is 0. The van der Waals surface area contributed by atoms with Gasteiger partial charge < -0.3 is 4.74 Å². The highest BCUT2D eigenvalue weighted by Gasteiger charge is 2.40. The Morgan fingerprint density at radius 2 is 1.78 bits per heavy atom. The van der Waals surface area contributed by atoms with E-state index in [-0.39, 0.29) is 12.2 Å². The van der Waals surface area contributed by atoms with Gasteiger partial charge in [-0.1, -0.05) is 13.3 Å². The molecular formula is C14H17F3O. The van der Waals surface area contributed by atoms with E-state index in [0.717, 1.165) is 31.4 Å². The van der Waals surface area contributed by atoms with Crippen LogP contribution in [0.1, 0.15) is 38.7 Å². The van der Waals surface area contributed by atoms with Crippen molar-refractivity contribution < 1.29 is 17.9 Å². The van der Waals surface area contributed by atoms with Gasteiger partial charge in [-0.2, -0.15) is 0 Å². The van der Waals surface area contributed by atoms with E-state index in [1.54, 1.807) is 0 Å². The summed E-state index contributed by atoms with van der Waals surface area (Å²) in [5, 5.41) is 0. The molecule has 2 rings (SSSR count). The molecule has 1 aromatic carbocycles. The van der Waals surface area contributed by atoms with Crippen molar-refractivity contribution in [1.82, 2.24) is 0 Å². The lowest BCUT2D eigenvalue weighted by atomic mass is 9.71. The van der Waals surface area contributed by atoms with Crippen LogP contribution in [0.15, 0.2) is 12.1 Å². The second-order valence-corrected chi connectivity index (χ2v) is 5.29. The SMILES string of the molecule is CCC1CC(C)(OCc2cc(F)c(F)c(F)c2)C1. The molecule has 0 bridgehead atoms. The second-order valence-electron chi connectivity index (χ2n) is 5.29. The molecule has 1 fully saturated rings. The summed E-state index contributed by atoms with van der Waals surface area (Å²) in [5.74, 6) is -3.09. The predicted molar refractivity (Wildman–Crippen MR) is 62.5 cm³/mol. The molecule has 0 heterocycles. The van der Waals surface area contributed by atoms with Gasteiger partial charge in [0, 0.05) is 0 Å². The molecule has 0 saturated heterocycles. The number of benzene rings is 1. The molecule has 0 atom stereocenters. The molecule has 4 heteroatoms. The third-order valence-corrected chi connectivity index (χ3v) is 3.65. The standard InChI is InChI=1S/C14H17F3O/c1-3-9-6-14(2,7-9)18-8-10-4-11(15)13(17)12(16)5-10/h4-5,9H,3,6-8H2,1-2H3. The Morgan fingerprint density at radius 3 is 2.28 bits per heavy atom. The van der Waals surface area contributed by atoms with E-state index in [1.807, 2.05) is 6.92 Å². The van der Waals surface area contributed by atoms with Gasteiger partial charge in [-0.3, -0.25) is 0 Å². The van der Waals surface area contributed by atoms with E-state index in [1.165, 1.54) is 0 Å². The summed E-state index contributed by atoms with van der Waals surface area (Å²) in [6, 6.07) is 1.97. The zero-order valence-corrected chi connectivity index (χ0v) is 10.6. The van der Waals surface area contributed by atoms with Crippen LogP contribution in [0.4, 0.5) is 13.2 Å².